The summed E-state index contributed by atoms with van der Waals surface area (Å²) in [7, 11) is 0. The van der Waals surface area contributed by atoms with Crippen molar-refractivity contribution in [1.82, 2.24) is 0 Å². The summed E-state index contributed by atoms with van der Waals surface area (Å²) in [6, 6.07) is 9.71. The highest BCUT2D eigenvalue weighted by molar-refractivity contribution is 7.99. The number of fused-ring (bicyclic) bond motifs is 1. The molecule has 2 rings (SSSR count). The van der Waals surface area contributed by atoms with E-state index in [1.165, 1.54) is 11.3 Å². The third kappa shape index (κ3) is 3.35. The predicted molar refractivity (Wildman–Crippen MR) is 78.7 cm³/mol. The lowest BCUT2D eigenvalue weighted by molar-refractivity contribution is 1.53. The lowest BCUT2D eigenvalue weighted by Gasteiger charge is -2.02. The Balaban J connectivity index is 2.32. The van der Waals surface area contributed by atoms with Crippen molar-refractivity contribution in [3.8, 4) is 0 Å². The molecule has 1 heterocycles. The van der Waals surface area contributed by atoms with E-state index in [9.17, 15) is 4.79 Å². The van der Waals surface area contributed by atoms with E-state index in [0.717, 1.165) is 20.7 Å². The maximum Gasteiger partial charge on any atom is 0.234 e. The molecule has 2 aromatic rings. The molecule has 0 atom stereocenters. The summed E-state index contributed by atoms with van der Waals surface area (Å²) in [5.41, 5.74) is 0. The average Bonchev–Trinajstić information content (AvgIpc) is 2.34. The highest BCUT2D eigenvalue weighted by Crippen LogP contribution is 2.28. The van der Waals surface area contributed by atoms with E-state index >= 15 is 0 Å². The summed E-state index contributed by atoms with van der Waals surface area (Å²) in [5.74, 6) is 1.37. The molecule has 88 valence electrons. The van der Waals surface area contributed by atoms with E-state index in [0.29, 0.717) is 5.88 Å². The molecule has 0 N–H and O–H groups in total. The standard InChI is InChI=1S/C13H11ClOS2/c14-7-3-4-8-16-12-9-13(15)17-11-6-2-1-5-10(11)12/h1-6,9H,7-8H2/b4-3-. The zero-order chi connectivity index (χ0) is 12.1. The first-order valence-electron chi connectivity index (χ1n) is 5.18. The molecule has 0 aliphatic rings. The molecule has 0 aliphatic carbocycles. The second kappa shape index (κ2) is 6.24. The van der Waals surface area contributed by atoms with Crippen molar-refractivity contribution in [3.63, 3.8) is 0 Å². The first-order chi connectivity index (χ1) is 8.31. The van der Waals surface area contributed by atoms with Gasteiger partial charge in [-0.2, -0.15) is 0 Å². The van der Waals surface area contributed by atoms with E-state index in [1.54, 1.807) is 17.8 Å². The molecule has 0 aliphatic heterocycles. The van der Waals surface area contributed by atoms with Gasteiger partial charge >= 0.3 is 0 Å². The molecule has 0 saturated heterocycles. The molecule has 0 radical (unpaired) electrons. The first-order valence-corrected chi connectivity index (χ1v) is 7.51. The molecule has 0 saturated carbocycles. The molecule has 17 heavy (non-hydrogen) atoms. The van der Waals surface area contributed by atoms with Crippen molar-refractivity contribution >= 4 is 44.8 Å². The minimum absolute atomic E-state index is 0.104. The number of benzene rings is 1. The van der Waals surface area contributed by atoms with Gasteiger partial charge in [0.25, 0.3) is 0 Å². The summed E-state index contributed by atoms with van der Waals surface area (Å²) in [6.07, 6.45) is 3.94. The van der Waals surface area contributed by atoms with Gasteiger partial charge in [0, 0.05) is 32.7 Å². The highest BCUT2D eigenvalue weighted by Gasteiger charge is 2.02. The molecule has 0 bridgehead atoms. The SMILES string of the molecule is O=c1cc(SC/C=C\CCl)c2ccccc2s1. The van der Waals surface area contributed by atoms with Gasteiger partial charge in [-0.1, -0.05) is 41.7 Å². The quantitative estimate of drug-likeness (QED) is 0.476. The molecule has 0 amide bonds. The summed E-state index contributed by atoms with van der Waals surface area (Å²) in [4.78, 5) is 12.6. The van der Waals surface area contributed by atoms with E-state index in [-0.39, 0.29) is 4.74 Å². The average molecular weight is 283 g/mol. The van der Waals surface area contributed by atoms with Crippen molar-refractivity contribution in [2.75, 3.05) is 11.6 Å². The van der Waals surface area contributed by atoms with Gasteiger partial charge in [-0.15, -0.1) is 23.4 Å². The van der Waals surface area contributed by atoms with Gasteiger partial charge in [-0.25, -0.2) is 0 Å². The van der Waals surface area contributed by atoms with E-state index in [2.05, 4.69) is 6.07 Å². The number of hydrogen-bond donors (Lipinski definition) is 0. The molecule has 0 spiro atoms. The fraction of sp³-hybridized carbons (Fsp3) is 0.154. The van der Waals surface area contributed by atoms with Crippen molar-refractivity contribution in [3.05, 3.63) is 52.0 Å². The fourth-order valence-corrected chi connectivity index (χ4v) is 3.50. The second-order valence-electron chi connectivity index (χ2n) is 3.36. The van der Waals surface area contributed by atoms with Crippen LogP contribution in [0, 0.1) is 0 Å². The predicted octanol–water partition coefficient (Wildman–Crippen LogP) is 4.15. The number of hydrogen-bond acceptors (Lipinski definition) is 3. The van der Waals surface area contributed by atoms with Gasteiger partial charge in [0.2, 0.25) is 4.74 Å². The van der Waals surface area contributed by atoms with Crippen molar-refractivity contribution in [1.29, 1.82) is 0 Å². The summed E-state index contributed by atoms with van der Waals surface area (Å²) >= 11 is 8.52. The van der Waals surface area contributed by atoms with Crippen LogP contribution in [0.3, 0.4) is 0 Å². The summed E-state index contributed by atoms with van der Waals surface area (Å²) < 4.78 is 1.15. The molecule has 1 nitrogen and oxygen atoms in total. The topological polar surface area (TPSA) is 17.1 Å². The summed E-state index contributed by atoms with van der Waals surface area (Å²) in [6.45, 7) is 0. The number of thioether (sulfide) groups is 1. The Kier molecular flexibility index (Phi) is 4.66. The number of allylic oxidation sites excluding steroid dienone is 1. The number of halogens is 1. The second-order valence-corrected chi connectivity index (χ2v) is 5.78. The van der Waals surface area contributed by atoms with Crippen LogP contribution in [0.4, 0.5) is 0 Å². The Morgan fingerprint density at radius 3 is 2.94 bits per heavy atom. The minimum atomic E-state index is 0.104. The number of rotatable bonds is 4. The zero-order valence-electron chi connectivity index (χ0n) is 9.06. The molecule has 1 aromatic heterocycles. The normalized spacial score (nSPS) is 11.4. The third-order valence-electron chi connectivity index (χ3n) is 2.20. The van der Waals surface area contributed by atoms with Crippen LogP contribution in [0.25, 0.3) is 10.1 Å². The molecule has 4 heteroatoms. The first kappa shape index (κ1) is 12.7. The van der Waals surface area contributed by atoms with Gasteiger partial charge in [-0.05, 0) is 6.07 Å². The van der Waals surface area contributed by atoms with Crippen LogP contribution in [0.5, 0.6) is 0 Å². The van der Waals surface area contributed by atoms with Gasteiger partial charge in [0.15, 0.2) is 0 Å². The monoisotopic (exact) mass is 282 g/mol. The molecule has 0 fully saturated rings. The van der Waals surface area contributed by atoms with E-state index in [4.69, 9.17) is 11.6 Å². The van der Waals surface area contributed by atoms with Crippen molar-refractivity contribution in [2.24, 2.45) is 0 Å². The van der Waals surface area contributed by atoms with Crippen LogP contribution in [0.2, 0.25) is 0 Å². The highest BCUT2D eigenvalue weighted by atomic mass is 35.5. The maximum absolute atomic E-state index is 11.6. The Morgan fingerprint density at radius 1 is 1.29 bits per heavy atom. The van der Waals surface area contributed by atoms with Gasteiger partial charge in [-0.3, -0.25) is 4.79 Å². The molecule has 1 aromatic carbocycles. The number of alkyl halides is 1. The lowest BCUT2D eigenvalue weighted by Crippen LogP contribution is -1.92. The third-order valence-corrected chi connectivity index (χ3v) is 4.28. The van der Waals surface area contributed by atoms with E-state index < -0.39 is 0 Å². The van der Waals surface area contributed by atoms with Crippen molar-refractivity contribution < 1.29 is 0 Å². The van der Waals surface area contributed by atoms with Crippen LogP contribution in [-0.4, -0.2) is 11.6 Å². The Morgan fingerprint density at radius 2 is 2.12 bits per heavy atom. The van der Waals surface area contributed by atoms with Gasteiger partial charge in [0.1, 0.15) is 0 Å². The largest absolute Gasteiger partial charge is 0.278 e. The van der Waals surface area contributed by atoms with Crippen LogP contribution in [-0.2, 0) is 0 Å². The molecular formula is C13H11ClOS2. The Labute approximate surface area is 113 Å². The van der Waals surface area contributed by atoms with Crippen LogP contribution in [0.15, 0.2) is 52.2 Å². The fourth-order valence-electron chi connectivity index (χ4n) is 1.47. The summed E-state index contributed by atoms with van der Waals surface area (Å²) in [5, 5.41) is 1.15. The smallest absolute Gasteiger partial charge is 0.234 e. The van der Waals surface area contributed by atoms with Crippen LogP contribution < -0.4 is 4.74 Å². The van der Waals surface area contributed by atoms with Crippen LogP contribution in [0.1, 0.15) is 0 Å². The lowest BCUT2D eigenvalue weighted by atomic mass is 10.2. The minimum Gasteiger partial charge on any atom is -0.278 e. The Bertz CT molecular complexity index is 589. The zero-order valence-corrected chi connectivity index (χ0v) is 11.4. The van der Waals surface area contributed by atoms with Crippen LogP contribution >= 0.6 is 34.7 Å². The Hall–Kier alpha value is -0.770. The van der Waals surface area contributed by atoms with Gasteiger partial charge < -0.3 is 0 Å². The molecule has 0 unspecified atom stereocenters. The maximum atomic E-state index is 11.6. The van der Waals surface area contributed by atoms with Gasteiger partial charge in [0.05, 0.1) is 0 Å². The molecular weight excluding hydrogens is 272 g/mol. The van der Waals surface area contributed by atoms with Crippen molar-refractivity contribution in [2.45, 2.75) is 4.90 Å². The van der Waals surface area contributed by atoms with E-state index in [1.807, 2.05) is 30.4 Å².